The van der Waals surface area contributed by atoms with Gasteiger partial charge < -0.3 is 16.4 Å². The van der Waals surface area contributed by atoms with E-state index in [1.54, 1.807) is 0 Å². The van der Waals surface area contributed by atoms with Gasteiger partial charge in [-0.1, -0.05) is 20.3 Å². The zero-order valence-electron chi connectivity index (χ0n) is 13.1. The number of amides is 2. The lowest BCUT2D eigenvalue weighted by molar-refractivity contribution is -0.121. The Balaban J connectivity index is 1.84. The van der Waals surface area contributed by atoms with Crippen LogP contribution in [0.15, 0.2) is 5.38 Å². The van der Waals surface area contributed by atoms with Crippen LogP contribution in [0.2, 0.25) is 0 Å². The summed E-state index contributed by atoms with van der Waals surface area (Å²) in [5.41, 5.74) is 6.41. The lowest BCUT2D eigenvalue weighted by atomic mass is 10.0. The maximum Gasteiger partial charge on any atom is 0.228 e. The van der Waals surface area contributed by atoms with Crippen LogP contribution >= 0.6 is 11.3 Å². The number of rotatable bonds is 6. The van der Waals surface area contributed by atoms with E-state index >= 15 is 0 Å². The second kappa shape index (κ2) is 7.69. The predicted molar refractivity (Wildman–Crippen MR) is 87.6 cm³/mol. The summed E-state index contributed by atoms with van der Waals surface area (Å²) in [6, 6.07) is 0.191. The summed E-state index contributed by atoms with van der Waals surface area (Å²) in [5, 5.41) is 8.15. The van der Waals surface area contributed by atoms with Crippen molar-refractivity contribution in [2.24, 2.45) is 17.6 Å². The van der Waals surface area contributed by atoms with E-state index in [4.69, 9.17) is 5.73 Å². The number of carbonyl (C=O) groups excluding carboxylic acids is 2. The molecule has 1 aliphatic carbocycles. The first-order valence-corrected chi connectivity index (χ1v) is 8.62. The molecule has 1 fully saturated rings. The molecule has 0 spiro atoms. The minimum absolute atomic E-state index is 0.0302. The third kappa shape index (κ3) is 4.51. The second-order valence-corrected chi connectivity index (χ2v) is 6.92. The minimum atomic E-state index is -0.0915. The topological polar surface area (TPSA) is 97.1 Å². The van der Waals surface area contributed by atoms with Gasteiger partial charge in [-0.15, -0.1) is 11.3 Å². The van der Waals surface area contributed by atoms with Crippen LogP contribution in [0.25, 0.3) is 0 Å². The van der Waals surface area contributed by atoms with Gasteiger partial charge in [0.25, 0.3) is 0 Å². The number of nitrogens with one attached hydrogen (secondary N) is 2. The van der Waals surface area contributed by atoms with Crippen molar-refractivity contribution in [3.63, 3.8) is 0 Å². The van der Waals surface area contributed by atoms with E-state index in [9.17, 15) is 9.59 Å². The van der Waals surface area contributed by atoms with E-state index in [0.29, 0.717) is 23.3 Å². The van der Waals surface area contributed by atoms with Gasteiger partial charge in [0, 0.05) is 17.3 Å². The fourth-order valence-corrected chi connectivity index (χ4v) is 3.34. The summed E-state index contributed by atoms with van der Waals surface area (Å²) >= 11 is 1.34. The van der Waals surface area contributed by atoms with Crippen LogP contribution in [-0.2, 0) is 16.0 Å². The molecule has 2 unspecified atom stereocenters. The van der Waals surface area contributed by atoms with Crippen molar-refractivity contribution in [3.05, 3.63) is 11.1 Å². The Kier molecular flexibility index (Phi) is 5.90. The van der Waals surface area contributed by atoms with E-state index in [1.807, 2.05) is 19.2 Å². The molecule has 0 bridgehead atoms. The molecular weight excluding hydrogens is 300 g/mol. The number of anilines is 1. The van der Waals surface area contributed by atoms with Crippen LogP contribution < -0.4 is 16.4 Å². The highest BCUT2D eigenvalue weighted by molar-refractivity contribution is 7.13. The van der Waals surface area contributed by atoms with Gasteiger partial charge in [0.2, 0.25) is 11.8 Å². The second-order valence-electron chi connectivity index (χ2n) is 6.07. The minimum Gasteiger partial charge on any atom is -0.353 e. The van der Waals surface area contributed by atoms with Crippen LogP contribution in [0.1, 0.15) is 38.8 Å². The Morgan fingerprint density at radius 1 is 1.45 bits per heavy atom. The molecule has 1 aromatic heterocycles. The van der Waals surface area contributed by atoms with Gasteiger partial charge in [-0.25, -0.2) is 4.98 Å². The van der Waals surface area contributed by atoms with Crippen molar-refractivity contribution in [2.45, 2.75) is 45.6 Å². The zero-order valence-corrected chi connectivity index (χ0v) is 13.9. The molecule has 4 N–H and O–H groups in total. The molecule has 0 aromatic carbocycles. The molecule has 7 heteroatoms. The molecule has 22 heavy (non-hydrogen) atoms. The lowest BCUT2D eigenvalue weighted by Gasteiger charge is -2.19. The first-order chi connectivity index (χ1) is 10.5. The maximum atomic E-state index is 12.1. The molecule has 1 aromatic rings. The van der Waals surface area contributed by atoms with Gasteiger partial charge in [0.1, 0.15) is 0 Å². The molecule has 2 rings (SSSR count). The first kappa shape index (κ1) is 16.9. The van der Waals surface area contributed by atoms with E-state index in [0.717, 1.165) is 19.3 Å². The smallest absolute Gasteiger partial charge is 0.228 e. The van der Waals surface area contributed by atoms with E-state index in [-0.39, 0.29) is 30.2 Å². The van der Waals surface area contributed by atoms with Crippen molar-refractivity contribution in [2.75, 3.05) is 11.9 Å². The van der Waals surface area contributed by atoms with Gasteiger partial charge >= 0.3 is 0 Å². The Bertz CT molecular complexity index is 529. The van der Waals surface area contributed by atoms with Crippen LogP contribution in [0.5, 0.6) is 0 Å². The first-order valence-electron chi connectivity index (χ1n) is 7.74. The molecule has 1 aliphatic rings. The third-order valence-electron chi connectivity index (χ3n) is 3.96. The predicted octanol–water partition coefficient (Wildman–Crippen LogP) is 1.52. The fraction of sp³-hybridized carbons (Fsp3) is 0.667. The third-order valence-corrected chi connectivity index (χ3v) is 4.76. The number of hydrogen-bond donors (Lipinski definition) is 3. The summed E-state index contributed by atoms with van der Waals surface area (Å²) < 4.78 is 0. The molecule has 2 amide bonds. The van der Waals surface area contributed by atoms with E-state index < -0.39 is 0 Å². The molecule has 2 atom stereocenters. The van der Waals surface area contributed by atoms with Crippen LogP contribution in [0.3, 0.4) is 0 Å². The van der Waals surface area contributed by atoms with Crippen LogP contribution in [0, 0.1) is 11.8 Å². The summed E-state index contributed by atoms with van der Waals surface area (Å²) in [7, 11) is 0. The van der Waals surface area contributed by atoms with Crippen molar-refractivity contribution in [1.82, 2.24) is 10.3 Å². The van der Waals surface area contributed by atoms with E-state index in [2.05, 4.69) is 15.6 Å². The maximum absolute atomic E-state index is 12.1. The standard InChI is InChI=1S/C15H24N4O2S/c1-9(2)14(21)19-15-17-11(8-22-15)6-13(20)18-12-5-3-4-10(12)7-16/h8-10,12H,3-7,16H2,1-2H3,(H,18,20)(H,17,19,21). The number of nitrogens with zero attached hydrogens (tertiary/aromatic N) is 1. The van der Waals surface area contributed by atoms with Crippen LogP contribution in [0.4, 0.5) is 5.13 Å². The summed E-state index contributed by atoms with van der Waals surface area (Å²) in [5.74, 6) is 0.200. The van der Waals surface area contributed by atoms with Crippen LogP contribution in [-0.4, -0.2) is 29.4 Å². The fourth-order valence-electron chi connectivity index (χ4n) is 2.63. The van der Waals surface area contributed by atoms with Crippen molar-refractivity contribution in [1.29, 1.82) is 0 Å². The summed E-state index contributed by atoms with van der Waals surface area (Å²) in [6.07, 6.45) is 3.45. The molecule has 1 saturated carbocycles. The quantitative estimate of drug-likeness (QED) is 0.739. The van der Waals surface area contributed by atoms with Gasteiger partial charge in [-0.2, -0.15) is 0 Å². The monoisotopic (exact) mass is 324 g/mol. The average molecular weight is 324 g/mol. The molecule has 6 nitrogen and oxygen atoms in total. The number of thiazole rings is 1. The van der Waals surface area contributed by atoms with Crippen molar-refractivity contribution < 1.29 is 9.59 Å². The highest BCUT2D eigenvalue weighted by Crippen LogP contribution is 2.24. The largest absolute Gasteiger partial charge is 0.353 e. The molecule has 122 valence electrons. The number of aromatic nitrogens is 1. The summed E-state index contributed by atoms with van der Waals surface area (Å²) in [4.78, 5) is 28.0. The number of nitrogens with two attached hydrogens (primary N) is 1. The van der Waals surface area contributed by atoms with Crippen molar-refractivity contribution >= 4 is 28.3 Å². The van der Waals surface area contributed by atoms with Crippen molar-refractivity contribution in [3.8, 4) is 0 Å². The highest BCUT2D eigenvalue weighted by Gasteiger charge is 2.27. The molecule has 0 radical (unpaired) electrons. The molecular formula is C15H24N4O2S. The molecule has 0 aliphatic heterocycles. The summed E-state index contributed by atoms with van der Waals surface area (Å²) in [6.45, 7) is 4.27. The molecule has 0 saturated heterocycles. The average Bonchev–Trinajstić information content (AvgIpc) is 3.07. The zero-order chi connectivity index (χ0) is 16.1. The Morgan fingerprint density at radius 3 is 2.91 bits per heavy atom. The SMILES string of the molecule is CC(C)C(=O)Nc1nc(CC(=O)NC2CCCC2CN)cs1. The highest BCUT2D eigenvalue weighted by atomic mass is 32.1. The number of hydrogen-bond acceptors (Lipinski definition) is 5. The van der Waals surface area contributed by atoms with E-state index in [1.165, 1.54) is 11.3 Å². The Morgan fingerprint density at radius 2 is 2.23 bits per heavy atom. The lowest BCUT2D eigenvalue weighted by Crippen LogP contribution is -2.40. The number of carbonyl (C=O) groups is 2. The Hall–Kier alpha value is -1.47. The van der Waals surface area contributed by atoms with Gasteiger partial charge in [-0.05, 0) is 25.3 Å². The van der Waals surface area contributed by atoms with Gasteiger partial charge in [-0.3, -0.25) is 9.59 Å². The Labute approximate surface area is 134 Å². The molecule has 1 heterocycles. The van der Waals surface area contributed by atoms with Gasteiger partial charge in [0.05, 0.1) is 12.1 Å². The van der Waals surface area contributed by atoms with Gasteiger partial charge in [0.15, 0.2) is 5.13 Å². The normalized spacial score (nSPS) is 21.1.